The van der Waals surface area contributed by atoms with E-state index in [9.17, 15) is 18.0 Å². The Morgan fingerprint density at radius 2 is 2.16 bits per heavy atom. The second-order valence-corrected chi connectivity index (χ2v) is 4.60. The van der Waals surface area contributed by atoms with Crippen LogP contribution in [0.15, 0.2) is 6.07 Å². The second kappa shape index (κ2) is 6.60. The van der Waals surface area contributed by atoms with Crippen molar-refractivity contribution in [2.24, 2.45) is 0 Å². The lowest BCUT2D eigenvalue weighted by Gasteiger charge is -2.13. The van der Waals surface area contributed by atoms with Crippen LogP contribution in [0.4, 0.5) is 13.2 Å². The van der Waals surface area contributed by atoms with Crippen molar-refractivity contribution in [2.45, 2.75) is 19.2 Å². The number of pyridine rings is 1. The SMILES string of the molecule is CCOC(=O)c1cc(I)c(CCl)c(OC(F)(F)F)n1. The molecule has 0 aromatic carbocycles. The van der Waals surface area contributed by atoms with Crippen molar-refractivity contribution in [3.05, 3.63) is 20.9 Å². The van der Waals surface area contributed by atoms with E-state index in [1.54, 1.807) is 29.5 Å². The average molecular weight is 410 g/mol. The van der Waals surface area contributed by atoms with Crippen LogP contribution in [0.1, 0.15) is 23.0 Å². The van der Waals surface area contributed by atoms with E-state index in [-0.39, 0.29) is 23.7 Å². The molecule has 0 saturated heterocycles. The zero-order valence-electron chi connectivity index (χ0n) is 9.55. The van der Waals surface area contributed by atoms with Crippen LogP contribution < -0.4 is 4.74 Å². The lowest BCUT2D eigenvalue weighted by Crippen LogP contribution is -2.20. The Morgan fingerprint density at radius 1 is 1.53 bits per heavy atom. The lowest BCUT2D eigenvalue weighted by molar-refractivity contribution is -0.276. The molecule has 1 aromatic rings. The van der Waals surface area contributed by atoms with Crippen molar-refractivity contribution in [3.63, 3.8) is 0 Å². The first kappa shape index (κ1) is 16.3. The first-order valence-corrected chi connectivity index (χ1v) is 6.58. The molecule has 4 nitrogen and oxygen atoms in total. The van der Waals surface area contributed by atoms with Gasteiger partial charge in [-0.15, -0.1) is 24.8 Å². The van der Waals surface area contributed by atoms with E-state index in [4.69, 9.17) is 11.6 Å². The molecule has 1 heterocycles. The maximum absolute atomic E-state index is 12.2. The molecular weight excluding hydrogens is 401 g/mol. The summed E-state index contributed by atoms with van der Waals surface area (Å²) in [6.07, 6.45) is -4.91. The molecule has 0 saturated carbocycles. The van der Waals surface area contributed by atoms with Crippen molar-refractivity contribution < 1.29 is 27.4 Å². The van der Waals surface area contributed by atoms with Gasteiger partial charge in [0.2, 0.25) is 5.88 Å². The number of nitrogens with zero attached hydrogens (tertiary/aromatic N) is 1. The van der Waals surface area contributed by atoms with E-state index in [0.29, 0.717) is 3.57 Å². The van der Waals surface area contributed by atoms with E-state index in [1.165, 1.54) is 6.07 Å². The molecule has 0 unspecified atom stereocenters. The summed E-state index contributed by atoms with van der Waals surface area (Å²) in [5.41, 5.74) is -0.202. The molecule has 0 amide bonds. The third-order valence-corrected chi connectivity index (χ3v) is 3.09. The van der Waals surface area contributed by atoms with Crippen molar-refractivity contribution >= 4 is 40.2 Å². The highest BCUT2D eigenvalue weighted by Gasteiger charge is 2.34. The Balaban J connectivity index is 3.22. The van der Waals surface area contributed by atoms with Gasteiger partial charge in [-0.25, -0.2) is 9.78 Å². The quantitative estimate of drug-likeness (QED) is 0.434. The summed E-state index contributed by atoms with van der Waals surface area (Å²) in [5, 5.41) is 0. The molecule has 0 N–H and O–H groups in total. The van der Waals surface area contributed by atoms with Gasteiger partial charge in [0.25, 0.3) is 0 Å². The summed E-state index contributed by atoms with van der Waals surface area (Å²) in [7, 11) is 0. The van der Waals surface area contributed by atoms with Gasteiger partial charge < -0.3 is 9.47 Å². The summed E-state index contributed by atoms with van der Waals surface area (Å²) in [5.74, 6) is -1.79. The molecule has 0 bridgehead atoms. The highest BCUT2D eigenvalue weighted by Crippen LogP contribution is 2.29. The van der Waals surface area contributed by atoms with E-state index >= 15 is 0 Å². The van der Waals surface area contributed by atoms with Gasteiger partial charge in [-0.2, -0.15) is 0 Å². The topological polar surface area (TPSA) is 48.4 Å². The van der Waals surface area contributed by atoms with Crippen molar-refractivity contribution in [1.29, 1.82) is 0 Å². The highest BCUT2D eigenvalue weighted by molar-refractivity contribution is 14.1. The minimum absolute atomic E-state index is 0.0626. The van der Waals surface area contributed by atoms with Crippen LogP contribution in [-0.4, -0.2) is 23.9 Å². The van der Waals surface area contributed by atoms with Crippen LogP contribution in [0.3, 0.4) is 0 Å². The number of hydrogen-bond donors (Lipinski definition) is 0. The Bertz CT molecular complexity index is 482. The van der Waals surface area contributed by atoms with Crippen LogP contribution in [0.5, 0.6) is 5.88 Å². The maximum Gasteiger partial charge on any atom is 0.574 e. The molecule has 19 heavy (non-hydrogen) atoms. The summed E-state index contributed by atoms with van der Waals surface area (Å²) in [6.45, 7) is 1.66. The van der Waals surface area contributed by atoms with Gasteiger partial charge in [0.1, 0.15) is 0 Å². The maximum atomic E-state index is 12.2. The molecule has 0 aliphatic carbocycles. The Hall–Kier alpha value is -0.770. The molecule has 0 spiro atoms. The predicted molar refractivity (Wildman–Crippen MR) is 69.2 cm³/mol. The largest absolute Gasteiger partial charge is 0.574 e. The Labute approximate surface area is 125 Å². The summed E-state index contributed by atoms with van der Waals surface area (Å²) >= 11 is 7.30. The standard InChI is InChI=1S/C10H8ClF3INO3/c1-2-18-9(17)7-3-6(15)5(4-11)8(16-7)19-10(12,13)14/h3H,2,4H2,1H3. The van der Waals surface area contributed by atoms with E-state index in [0.717, 1.165) is 0 Å². The van der Waals surface area contributed by atoms with Gasteiger partial charge in [0, 0.05) is 9.13 Å². The number of ether oxygens (including phenoxy) is 2. The first-order valence-electron chi connectivity index (χ1n) is 4.96. The number of aromatic nitrogens is 1. The van der Waals surface area contributed by atoms with Crippen LogP contribution in [0, 0.1) is 3.57 Å². The molecule has 0 atom stereocenters. The minimum atomic E-state index is -4.91. The number of alkyl halides is 4. The van der Waals surface area contributed by atoms with Crippen LogP contribution in [0.25, 0.3) is 0 Å². The fraction of sp³-hybridized carbons (Fsp3) is 0.400. The molecule has 0 radical (unpaired) electrons. The number of carbonyl (C=O) groups excluding carboxylic acids is 1. The van der Waals surface area contributed by atoms with Crippen molar-refractivity contribution in [1.82, 2.24) is 4.98 Å². The van der Waals surface area contributed by atoms with Gasteiger partial charge >= 0.3 is 12.3 Å². The highest BCUT2D eigenvalue weighted by atomic mass is 127. The number of carbonyl (C=O) groups is 1. The van der Waals surface area contributed by atoms with Crippen molar-refractivity contribution in [3.8, 4) is 5.88 Å². The summed E-state index contributed by atoms with van der Waals surface area (Å²) < 4.78 is 45.5. The van der Waals surface area contributed by atoms with Crippen LogP contribution >= 0.6 is 34.2 Å². The van der Waals surface area contributed by atoms with Crippen LogP contribution in [-0.2, 0) is 10.6 Å². The molecular formula is C10H8ClF3INO3. The molecule has 9 heteroatoms. The number of halogens is 5. The molecule has 1 rings (SSSR count). The molecule has 0 aliphatic heterocycles. The smallest absolute Gasteiger partial charge is 0.461 e. The Kier molecular flexibility index (Phi) is 5.65. The van der Waals surface area contributed by atoms with Gasteiger partial charge in [0.15, 0.2) is 5.69 Å². The molecule has 106 valence electrons. The number of esters is 1. The normalized spacial score (nSPS) is 11.3. The summed E-state index contributed by atoms with van der Waals surface area (Å²) in [6, 6.07) is 1.29. The first-order chi connectivity index (χ1) is 8.78. The number of hydrogen-bond acceptors (Lipinski definition) is 4. The molecule has 0 fully saturated rings. The average Bonchev–Trinajstić information content (AvgIpc) is 2.26. The van der Waals surface area contributed by atoms with Gasteiger partial charge in [0.05, 0.1) is 12.5 Å². The fourth-order valence-electron chi connectivity index (χ4n) is 1.14. The van der Waals surface area contributed by atoms with E-state index in [2.05, 4.69) is 14.5 Å². The van der Waals surface area contributed by atoms with Gasteiger partial charge in [-0.1, -0.05) is 0 Å². The Morgan fingerprint density at radius 3 is 2.63 bits per heavy atom. The molecule has 0 aliphatic rings. The van der Waals surface area contributed by atoms with Crippen molar-refractivity contribution in [2.75, 3.05) is 6.61 Å². The zero-order valence-corrected chi connectivity index (χ0v) is 12.5. The predicted octanol–water partition coefficient (Wildman–Crippen LogP) is 3.50. The molecule has 1 aromatic heterocycles. The van der Waals surface area contributed by atoms with E-state index in [1.807, 2.05) is 0 Å². The van der Waals surface area contributed by atoms with Crippen LogP contribution in [0.2, 0.25) is 0 Å². The zero-order chi connectivity index (χ0) is 14.6. The van der Waals surface area contributed by atoms with E-state index < -0.39 is 18.2 Å². The third-order valence-electron chi connectivity index (χ3n) is 1.86. The number of rotatable bonds is 4. The fourth-order valence-corrected chi connectivity index (χ4v) is 2.34. The lowest BCUT2D eigenvalue weighted by atomic mass is 10.2. The minimum Gasteiger partial charge on any atom is -0.461 e. The summed E-state index contributed by atoms with van der Waals surface area (Å²) in [4.78, 5) is 15.0. The monoisotopic (exact) mass is 409 g/mol. The third kappa shape index (κ3) is 4.68. The second-order valence-electron chi connectivity index (χ2n) is 3.17. The van der Waals surface area contributed by atoms with Gasteiger partial charge in [-0.05, 0) is 35.6 Å². The van der Waals surface area contributed by atoms with Gasteiger partial charge in [-0.3, -0.25) is 0 Å².